The molecule has 1 saturated heterocycles. The monoisotopic (exact) mass is 381 g/mol. The molecule has 0 N–H and O–H groups in total. The normalized spacial score (nSPS) is 16.7. The Morgan fingerprint density at radius 1 is 1.07 bits per heavy atom. The Bertz CT molecular complexity index is 1040. The van der Waals surface area contributed by atoms with Crippen LogP contribution in [0.25, 0.3) is 22.3 Å². The lowest BCUT2D eigenvalue weighted by atomic mass is 10.0. The van der Waals surface area contributed by atoms with E-state index in [0.29, 0.717) is 6.04 Å². The molecule has 150 valence electrons. The molecule has 0 amide bonds. The summed E-state index contributed by atoms with van der Waals surface area (Å²) in [5.41, 5.74) is 5.41. The van der Waals surface area contributed by atoms with Gasteiger partial charge in [-0.2, -0.15) is 0 Å². The lowest BCUT2D eigenvalue weighted by molar-refractivity contribution is 0.194. The molecule has 1 aliphatic heterocycles. The van der Waals surface area contributed by atoms with Gasteiger partial charge >= 0.3 is 5.69 Å². The summed E-state index contributed by atoms with van der Waals surface area (Å²) < 4.78 is 5.78. The second-order valence-corrected chi connectivity index (χ2v) is 8.17. The first-order valence-electron chi connectivity index (χ1n) is 10.4. The predicted molar refractivity (Wildman–Crippen MR) is 114 cm³/mol. The van der Waals surface area contributed by atoms with Crippen LogP contribution in [-0.4, -0.2) is 43.2 Å². The lowest BCUT2D eigenvalue weighted by Gasteiger charge is -2.31. The highest BCUT2D eigenvalue weighted by atomic mass is 16.1. The number of aryl methyl sites for hydroxylation is 3. The Balaban J connectivity index is 1.74. The maximum atomic E-state index is 12.3. The largest absolute Gasteiger partial charge is 0.328 e. The third-order valence-electron chi connectivity index (χ3n) is 6.34. The Hall–Kier alpha value is -2.34. The minimum absolute atomic E-state index is 0.0107. The van der Waals surface area contributed by atoms with Crippen molar-refractivity contribution in [3.63, 3.8) is 0 Å². The van der Waals surface area contributed by atoms with Crippen LogP contribution in [0.15, 0.2) is 29.5 Å². The van der Waals surface area contributed by atoms with E-state index in [1.165, 1.54) is 37.9 Å². The van der Waals surface area contributed by atoms with Crippen LogP contribution < -0.4 is 5.69 Å². The number of imidazole rings is 2. The first-order valence-corrected chi connectivity index (χ1v) is 10.4. The highest BCUT2D eigenvalue weighted by Gasteiger charge is 2.20. The minimum atomic E-state index is 0.0107. The number of fused-ring (bicyclic) bond motifs is 1. The van der Waals surface area contributed by atoms with Gasteiger partial charge in [0.2, 0.25) is 0 Å². The summed E-state index contributed by atoms with van der Waals surface area (Å²) in [7, 11) is 3.67. The van der Waals surface area contributed by atoms with Gasteiger partial charge in [-0.1, -0.05) is 13.3 Å². The number of aromatic nitrogens is 4. The zero-order valence-electron chi connectivity index (χ0n) is 17.5. The van der Waals surface area contributed by atoms with Crippen LogP contribution in [0.3, 0.4) is 0 Å². The van der Waals surface area contributed by atoms with E-state index in [4.69, 9.17) is 0 Å². The smallest absolute Gasteiger partial charge is 0.326 e. The van der Waals surface area contributed by atoms with E-state index in [-0.39, 0.29) is 5.69 Å². The van der Waals surface area contributed by atoms with Gasteiger partial charge in [-0.15, -0.1) is 0 Å². The fourth-order valence-electron chi connectivity index (χ4n) is 4.58. The van der Waals surface area contributed by atoms with Crippen molar-refractivity contribution in [2.24, 2.45) is 14.1 Å². The molecule has 0 unspecified atom stereocenters. The highest BCUT2D eigenvalue weighted by Crippen LogP contribution is 2.30. The van der Waals surface area contributed by atoms with Crippen molar-refractivity contribution >= 4 is 11.0 Å². The molecule has 3 heterocycles. The van der Waals surface area contributed by atoms with Gasteiger partial charge in [0.25, 0.3) is 0 Å². The lowest BCUT2D eigenvalue weighted by Crippen LogP contribution is -2.35. The molecule has 2 aromatic heterocycles. The molecule has 0 bridgehead atoms. The fourth-order valence-corrected chi connectivity index (χ4v) is 4.58. The molecule has 3 aromatic rings. The van der Waals surface area contributed by atoms with Gasteiger partial charge in [0.05, 0.1) is 29.3 Å². The molecule has 0 radical (unpaired) electrons. The van der Waals surface area contributed by atoms with E-state index in [9.17, 15) is 4.79 Å². The molecular formula is C22H31N5O. The zero-order valence-corrected chi connectivity index (χ0v) is 17.5. The van der Waals surface area contributed by atoms with Crippen LogP contribution >= 0.6 is 0 Å². The van der Waals surface area contributed by atoms with E-state index in [2.05, 4.69) is 40.4 Å². The molecule has 6 heteroatoms. The van der Waals surface area contributed by atoms with Crippen LogP contribution in [0.5, 0.6) is 0 Å². The maximum absolute atomic E-state index is 12.3. The summed E-state index contributed by atoms with van der Waals surface area (Å²) in [6.45, 7) is 7.87. The Morgan fingerprint density at radius 3 is 2.43 bits per heavy atom. The molecule has 28 heavy (non-hydrogen) atoms. The number of hydrogen-bond donors (Lipinski definition) is 0. The second-order valence-electron chi connectivity index (χ2n) is 8.17. The van der Waals surface area contributed by atoms with Crippen molar-refractivity contribution in [3.05, 3.63) is 40.7 Å². The third kappa shape index (κ3) is 3.20. The van der Waals surface area contributed by atoms with Crippen LogP contribution in [0, 0.1) is 6.92 Å². The first kappa shape index (κ1) is 19.0. The second kappa shape index (κ2) is 7.59. The van der Waals surface area contributed by atoms with Gasteiger partial charge in [-0.3, -0.25) is 9.13 Å². The topological polar surface area (TPSA) is 48.0 Å². The standard InChI is InChI=1S/C22H31N5O/c1-5-17(14-26-9-7-6-8-10-26)27-15-23-13-21(27)18-12-20-19(11-16(18)2)24(3)22(28)25(20)4/h11-13,15,17H,5-10,14H2,1-4H3/t17-/m0/s1. The summed E-state index contributed by atoms with van der Waals surface area (Å²) >= 11 is 0. The number of likely N-dealkylation sites (tertiary alicyclic amines) is 1. The molecule has 0 saturated carbocycles. The molecule has 0 aliphatic carbocycles. The van der Waals surface area contributed by atoms with Crippen molar-refractivity contribution in [2.45, 2.75) is 45.6 Å². The quantitative estimate of drug-likeness (QED) is 0.680. The highest BCUT2D eigenvalue weighted by molar-refractivity contribution is 5.84. The fraction of sp³-hybridized carbons (Fsp3) is 0.545. The Morgan fingerprint density at radius 2 is 1.75 bits per heavy atom. The Kier molecular flexibility index (Phi) is 5.15. The number of benzene rings is 1. The zero-order chi connectivity index (χ0) is 19.8. The van der Waals surface area contributed by atoms with Crippen LogP contribution in [0.4, 0.5) is 0 Å². The third-order valence-corrected chi connectivity index (χ3v) is 6.34. The predicted octanol–water partition coefficient (Wildman–Crippen LogP) is 3.49. The summed E-state index contributed by atoms with van der Waals surface area (Å²) in [5, 5.41) is 0. The first-order chi connectivity index (χ1) is 13.5. The molecule has 6 nitrogen and oxygen atoms in total. The number of hydrogen-bond acceptors (Lipinski definition) is 3. The van der Waals surface area contributed by atoms with Gasteiger partial charge in [-0.05, 0) is 57.0 Å². The average molecular weight is 382 g/mol. The number of rotatable bonds is 5. The Labute approximate surface area is 166 Å². The van der Waals surface area contributed by atoms with Gasteiger partial charge in [0.15, 0.2) is 0 Å². The summed E-state index contributed by atoms with van der Waals surface area (Å²) in [6.07, 6.45) is 8.99. The van der Waals surface area contributed by atoms with E-state index >= 15 is 0 Å². The SMILES string of the molecule is CC[C@@H](CN1CCCCC1)n1cncc1-c1cc2c(cc1C)n(C)c(=O)n2C. The van der Waals surface area contributed by atoms with Crippen LogP contribution in [0.1, 0.15) is 44.2 Å². The molecule has 1 aromatic carbocycles. The summed E-state index contributed by atoms with van der Waals surface area (Å²) in [6, 6.07) is 4.67. The molecule has 1 fully saturated rings. The van der Waals surface area contributed by atoms with Crippen molar-refractivity contribution in [1.29, 1.82) is 0 Å². The number of piperidine rings is 1. The van der Waals surface area contributed by atoms with E-state index < -0.39 is 0 Å². The molecule has 0 spiro atoms. The van der Waals surface area contributed by atoms with Crippen LogP contribution in [0.2, 0.25) is 0 Å². The van der Waals surface area contributed by atoms with Crippen molar-refractivity contribution < 1.29 is 0 Å². The maximum Gasteiger partial charge on any atom is 0.328 e. The van der Waals surface area contributed by atoms with Crippen molar-refractivity contribution in [3.8, 4) is 11.3 Å². The molecular weight excluding hydrogens is 350 g/mol. The van der Waals surface area contributed by atoms with Crippen molar-refractivity contribution in [2.75, 3.05) is 19.6 Å². The van der Waals surface area contributed by atoms with E-state index in [1.54, 1.807) is 9.13 Å². The molecule has 1 atom stereocenters. The average Bonchev–Trinajstić information content (AvgIpc) is 3.26. The van der Waals surface area contributed by atoms with Gasteiger partial charge in [0.1, 0.15) is 0 Å². The van der Waals surface area contributed by atoms with Gasteiger partial charge in [-0.25, -0.2) is 9.78 Å². The number of nitrogens with zero attached hydrogens (tertiary/aromatic N) is 5. The van der Waals surface area contributed by atoms with Crippen molar-refractivity contribution in [1.82, 2.24) is 23.6 Å². The van der Waals surface area contributed by atoms with Gasteiger partial charge in [0, 0.05) is 32.2 Å². The van der Waals surface area contributed by atoms with Crippen LogP contribution in [-0.2, 0) is 14.1 Å². The van der Waals surface area contributed by atoms with Gasteiger partial charge < -0.3 is 9.47 Å². The minimum Gasteiger partial charge on any atom is -0.326 e. The summed E-state index contributed by atoms with van der Waals surface area (Å²) in [4.78, 5) is 19.4. The van der Waals surface area contributed by atoms with E-state index in [1.807, 2.05) is 26.6 Å². The summed E-state index contributed by atoms with van der Waals surface area (Å²) in [5.74, 6) is 0. The molecule has 4 rings (SSSR count). The molecule has 1 aliphatic rings. The van der Waals surface area contributed by atoms with E-state index in [0.717, 1.165) is 35.3 Å².